The molecule has 0 heterocycles. The molecule has 0 bridgehead atoms. The molecule has 0 aliphatic rings. The van der Waals surface area contributed by atoms with E-state index in [4.69, 9.17) is 1.37 Å². The molecule has 0 unspecified atom stereocenters. The van der Waals surface area contributed by atoms with Crippen molar-refractivity contribution in [2.45, 2.75) is 5.89 Å². The molecule has 0 aromatic heterocycles. The van der Waals surface area contributed by atoms with Crippen molar-refractivity contribution < 1.29 is 80.3 Å². The molecule has 0 saturated carbocycles. The number of carboxylic acid groups (broad SMARTS) is 2. The molecule has 0 aliphatic heterocycles. The Morgan fingerprint density at radius 1 is 1.07 bits per heavy atom. The second-order valence-corrected chi connectivity index (χ2v) is 2.32. The number of hydrogen-bond donors (Lipinski definition) is 0. The van der Waals surface area contributed by atoms with E-state index in [9.17, 15) is 19.8 Å². The maximum Gasteiger partial charge on any atom is 1.00 e. The Bertz CT molecular complexity index is 355. The van der Waals surface area contributed by atoms with Crippen LogP contribution in [0.25, 0.3) is 0 Å². The van der Waals surface area contributed by atoms with E-state index in [2.05, 4.69) is 0 Å². The van der Waals surface area contributed by atoms with E-state index in [1.54, 1.807) is 6.07 Å². The number of rotatable bonds is 3. The molecule has 68 valence electrons. The van der Waals surface area contributed by atoms with Crippen LogP contribution in [0.1, 0.15) is 12.8 Å². The van der Waals surface area contributed by atoms with Gasteiger partial charge in [0.1, 0.15) is 0 Å². The average molecular weight is 225 g/mol. The van der Waals surface area contributed by atoms with Crippen LogP contribution in [0.15, 0.2) is 30.3 Å². The minimum atomic E-state index is -2.85. The van der Waals surface area contributed by atoms with Gasteiger partial charge in [-0.2, -0.15) is 0 Å². The molecule has 15 heavy (non-hydrogen) atoms. The minimum Gasteiger partial charge on any atom is -0.549 e. The van der Waals surface area contributed by atoms with E-state index in [0.29, 0.717) is 0 Å². The molecule has 1 rings (SSSR count). The van der Waals surface area contributed by atoms with Gasteiger partial charge in [0.2, 0.25) is 0 Å². The Hall–Kier alpha value is 0.160. The predicted octanol–water partition coefficient (Wildman–Crippen LogP) is -7.72. The van der Waals surface area contributed by atoms with Crippen molar-refractivity contribution in [2.24, 2.45) is 0 Å². The molecule has 1 aromatic carbocycles. The minimum absolute atomic E-state index is 0. The van der Waals surface area contributed by atoms with Crippen molar-refractivity contribution in [3.8, 4) is 0 Å². The van der Waals surface area contributed by atoms with Gasteiger partial charge in [-0.05, 0) is 5.56 Å². The summed E-state index contributed by atoms with van der Waals surface area (Å²) in [6.45, 7) is 0. The summed E-state index contributed by atoms with van der Waals surface area (Å²) in [6.07, 6.45) is 0. The van der Waals surface area contributed by atoms with Crippen molar-refractivity contribution in [2.75, 3.05) is 0 Å². The second kappa shape index (κ2) is 8.33. The summed E-state index contributed by atoms with van der Waals surface area (Å²) in [5, 5.41) is 21.1. The maximum atomic E-state index is 10.5. The van der Waals surface area contributed by atoms with Crippen molar-refractivity contribution in [1.29, 1.82) is 0 Å². The second-order valence-electron chi connectivity index (χ2n) is 2.32. The largest absolute Gasteiger partial charge is 1.00 e. The zero-order valence-electron chi connectivity index (χ0n) is 9.52. The predicted molar refractivity (Wildman–Crippen MR) is 39.2 cm³/mol. The molecule has 1 aromatic rings. The molecule has 0 fully saturated rings. The third-order valence-electron chi connectivity index (χ3n) is 1.47. The number of carbonyl (C=O) groups excluding carboxylic acids is 2. The van der Waals surface area contributed by atoms with Gasteiger partial charge in [0, 0.05) is 1.37 Å². The van der Waals surface area contributed by atoms with E-state index in [-0.39, 0.29) is 64.7 Å². The fourth-order valence-corrected chi connectivity index (χ4v) is 0.924. The third kappa shape index (κ3) is 5.15. The Morgan fingerprint density at radius 2 is 1.47 bits per heavy atom. The zero-order chi connectivity index (χ0) is 10.8. The van der Waals surface area contributed by atoms with E-state index in [0.717, 1.165) is 0 Å². The Balaban J connectivity index is 0. The molecule has 0 saturated heterocycles. The van der Waals surface area contributed by atoms with E-state index < -0.39 is 17.8 Å². The van der Waals surface area contributed by atoms with Gasteiger partial charge < -0.3 is 19.8 Å². The zero-order valence-corrected chi connectivity index (χ0v) is 12.5. The van der Waals surface area contributed by atoms with Crippen LogP contribution in [0.3, 0.4) is 0 Å². The summed E-state index contributed by atoms with van der Waals surface area (Å²) in [5.74, 6) is -6.87. The molecular formula is C9H6Na2O4. The van der Waals surface area contributed by atoms with Crippen molar-refractivity contribution >= 4 is 11.9 Å². The average Bonchev–Trinajstić information content (AvgIpc) is 2.17. The topological polar surface area (TPSA) is 80.3 Å². The number of hydrogen-bond acceptors (Lipinski definition) is 4. The molecule has 0 radical (unpaired) electrons. The van der Waals surface area contributed by atoms with Gasteiger partial charge in [-0.1, -0.05) is 30.3 Å². The van der Waals surface area contributed by atoms with Crippen LogP contribution < -0.4 is 69.3 Å². The van der Waals surface area contributed by atoms with Crippen LogP contribution >= 0.6 is 0 Å². The summed E-state index contributed by atoms with van der Waals surface area (Å²) in [7, 11) is 0. The van der Waals surface area contributed by atoms with Gasteiger partial charge >= 0.3 is 59.1 Å². The smallest absolute Gasteiger partial charge is 0.549 e. The first-order chi connectivity index (χ1) is 6.49. The SMILES string of the molecule is [2H]C(C(=O)[O-])(C(=O)[O-])c1ccccc1.[Na+].[Na+]. The van der Waals surface area contributed by atoms with Crippen molar-refractivity contribution in [3.63, 3.8) is 0 Å². The quantitative estimate of drug-likeness (QED) is 0.378. The summed E-state index contributed by atoms with van der Waals surface area (Å²) in [5.41, 5.74) is -0.194. The van der Waals surface area contributed by atoms with Gasteiger partial charge in [0.15, 0.2) is 0 Å². The van der Waals surface area contributed by atoms with Gasteiger partial charge in [0.25, 0.3) is 0 Å². The number of carbonyl (C=O) groups is 2. The molecular weight excluding hydrogens is 218 g/mol. The molecule has 0 N–H and O–H groups in total. The summed E-state index contributed by atoms with van der Waals surface area (Å²) in [4.78, 5) is 21.1. The molecule has 0 aliphatic carbocycles. The van der Waals surface area contributed by atoms with Gasteiger partial charge in [-0.3, -0.25) is 0 Å². The Morgan fingerprint density at radius 3 is 1.80 bits per heavy atom. The summed E-state index contributed by atoms with van der Waals surface area (Å²) in [6, 6.07) is 6.89. The van der Waals surface area contributed by atoms with Gasteiger partial charge in [0.05, 0.1) is 17.8 Å². The standard InChI is InChI=1S/C9H8O4.2Na/c10-8(11)7(9(12)13)6-4-2-1-3-5-6;;/h1-5,7H,(H,10,11)(H,12,13);;/q;2*+1/p-2/i7D;;. The Kier molecular flexibility index (Phi) is 8.42. The van der Waals surface area contributed by atoms with Crippen LogP contribution in [0.5, 0.6) is 0 Å². The maximum absolute atomic E-state index is 10.5. The van der Waals surface area contributed by atoms with Crippen molar-refractivity contribution in [3.05, 3.63) is 35.9 Å². The van der Waals surface area contributed by atoms with Crippen LogP contribution in [0, 0.1) is 0 Å². The number of aliphatic carboxylic acids is 2. The fraction of sp³-hybridized carbons (Fsp3) is 0.111. The normalized spacial score (nSPS) is 10.3. The van der Waals surface area contributed by atoms with Crippen LogP contribution in [0.2, 0.25) is 0 Å². The van der Waals surface area contributed by atoms with Crippen molar-refractivity contribution in [1.82, 2.24) is 0 Å². The molecule has 6 heteroatoms. The van der Waals surface area contributed by atoms with Crippen LogP contribution in [-0.4, -0.2) is 11.9 Å². The third-order valence-corrected chi connectivity index (χ3v) is 1.47. The Labute approximate surface area is 133 Å². The number of carboxylic acids is 2. The number of benzene rings is 1. The summed E-state index contributed by atoms with van der Waals surface area (Å²) < 4.78 is 7.25. The van der Waals surface area contributed by atoms with E-state index in [1.165, 1.54) is 24.3 Å². The first-order valence-corrected chi connectivity index (χ1v) is 3.48. The fourth-order valence-electron chi connectivity index (χ4n) is 0.924. The first kappa shape index (κ1) is 15.2. The monoisotopic (exact) mass is 225 g/mol. The molecule has 0 spiro atoms. The van der Waals surface area contributed by atoms with E-state index >= 15 is 0 Å². The van der Waals surface area contributed by atoms with Gasteiger partial charge in [-0.15, -0.1) is 0 Å². The molecule has 0 amide bonds. The summed E-state index contributed by atoms with van der Waals surface area (Å²) >= 11 is 0. The first-order valence-electron chi connectivity index (χ1n) is 3.98. The van der Waals surface area contributed by atoms with E-state index in [1.807, 2.05) is 0 Å². The molecule has 0 atom stereocenters. The molecule has 4 nitrogen and oxygen atoms in total. The van der Waals surface area contributed by atoms with Gasteiger partial charge in [-0.25, -0.2) is 0 Å². The van der Waals surface area contributed by atoms with Crippen LogP contribution in [0.4, 0.5) is 0 Å². The van der Waals surface area contributed by atoms with Crippen LogP contribution in [-0.2, 0) is 9.59 Å².